The predicted molar refractivity (Wildman–Crippen MR) is 70.9 cm³/mol. The predicted octanol–water partition coefficient (Wildman–Crippen LogP) is 2.80. The lowest BCUT2D eigenvalue weighted by atomic mass is 10.2. The Morgan fingerprint density at radius 1 is 1.50 bits per heavy atom. The van der Waals surface area contributed by atoms with E-state index in [1.807, 2.05) is 24.0 Å². The lowest BCUT2D eigenvalue weighted by molar-refractivity contribution is 0.510. The van der Waals surface area contributed by atoms with Crippen molar-refractivity contribution in [1.29, 1.82) is 0 Å². The van der Waals surface area contributed by atoms with Gasteiger partial charge >= 0.3 is 0 Å². The number of aromatic nitrogens is 1. The summed E-state index contributed by atoms with van der Waals surface area (Å²) in [6, 6.07) is 4.75. The smallest absolute Gasteiger partial charge is 0.0605 e. The fourth-order valence-corrected chi connectivity index (χ4v) is 2.75. The maximum absolute atomic E-state index is 4.49. The molecule has 3 heteroatoms. The molecule has 1 heterocycles. The van der Waals surface area contributed by atoms with E-state index >= 15 is 0 Å². The van der Waals surface area contributed by atoms with Crippen molar-refractivity contribution in [2.75, 3.05) is 18.6 Å². The topological polar surface area (TPSA) is 24.9 Å². The van der Waals surface area contributed by atoms with E-state index in [9.17, 15) is 0 Å². The van der Waals surface area contributed by atoms with Gasteiger partial charge in [-0.25, -0.2) is 0 Å². The van der Waals surface area contributed by atoms with Crippen molar-refractivity contribution in [1.82, 2.24) is 10.3 Å². The first kappa shape index (κ1) is 11.9. The number of nitrogens with one attached hydrogen (secondary N) is 1. The van der Waals surface area contributed by atoms with Crippen LogP contribution in [0, 0.1) is 0 Å². The molecule has 0 saturated heterocycles. The van der Waals surface area contributed by atoms with Gasteiger partial charge in [-0.05, 0) is 55.9 Å². The molecule has 1 N–H and O–H groups in total. The van der Waals surface area contributed by atoms with Crippen LogP contribution in [0.5, 0.6) is 0 Å². The standard InChI is InChI=1S/C13H20N2S/c1-16-10-3-2-8-14-12-7-6-11-5-4-9-15-13(11)12/h4-5,9,12,14H,2-3,6-8,10H2,1H3. The molecule has 2 rings (SSSR count). The molecular formula is C13H20N2S. The van der Waals surface area contributed by atoms with E-state index < -0.39 is 0 Å². The lowest BCUT2D eigenvalue weighted by Crippen LogP contribution is -2.21. The number of pyridine rings is 1. The maximum Gasteiger partial charge on any atom is 0.0605 e. The van der Waals surface area contributed by atoms with Gasteiger partial charge in [0.15, 0.2) is 0 Å². The first-order valence-electron chi connectivity index (χ1n) is 6.08. The number of unbranched alkanes of at least 4 members (excludes halogenated alkanes) is 1. The largest absolute Gasteiger partial charge is 0.309 e. The third-order valence-corrected chi connectivity index (χ3v) is 3.82. The van der Waals surface area contributed by atoms with Crippen molar-refractivity contribution in [2.24, 2.45) is 0 Å². The molecule has 0 saturated carbocycles. The van der Waals surface area contributed by atoms with Gasteiger partial charge in [0.25, 0.3) is 0 Å². The number of hydrogen-bond acceptors (Lipinski definition) is 3. The van der Waals surface area contributed by atoms with Crippen molar-refractivity contribution < 1.29 is 0 Å². The summed E-state index contributed by atoms with van der Waals surface area (Å²) in [5.41, 5.74) is 2.72. The Hall–Kier alpha value is -0.540. The maximum atomic E-state index is 4.49. The number of thioether (sulfide) groups is 1. The van der Waals surface area contributed by atoms with Crippen molar-refractivity contribution in [3.8, 4) is 0 Å². The molecule has 0 aliphatic heterocycles. The second-order valence-corrected chi connectivity index (χ2v) is 5.28. The molecule has 1 aliphatic rings. The first-order valence-corrected chi connectivity index (χ1v) is 7.47. The molecule has 1 aliphatic carbocycles. The monoisotopic (exact) mass is 236 g/mol. The zero-order chi connectivity index (χ0) is 11.2. The summed E-state index contributed by atoms with van der Waals surface area (Å²) in [5.74, 6) is 1.28. The summed E-state index contributed by atoms with van der Waals surface area (Å²) >= 11 is 1.93. The Bertz CT molecular complexity index is 327. The fourth-order valence-electron chi connectivity index (χ4n) is 2.26. The van der Waals surface area contributed by atoms with Crippen LogP contribution in [0.2, 0.25) is 0 Å². The fraction of sp³-hybridized carbons (Fsp3) is 0.615. The molecule has 1 aromatic heterocycles. The van der Waals surface area contributed by atoms with Gasteiger partial charge in [-0.1, -0.05) is 6.07 Å². The highest BCUT2D eigenvalue weighted by Gasteiger charge is 2.22. The summed E-state index contributed by atoms with van der Waals surface area (Å²) in [6.07, 6.45) is 9.08. The Morgan fingerprint density at radius 3 is 3.31 bits per heavy atom. The minimum absolute atomic E-state index is 0.505. The average Bonchev–Trinajstić information content (AvgIpc) is 2.73. The summed E-state index contributed by atoms with van der Waals surface area (Å²) in [7, 11) is 0. The number of rotatable bonds is 6. The van der Waals surface area contributed by atoms with E-state index in [0.717, 1.165) is 6.54 Å². The first-order chi connectivity index (χ1) is 7.92. The third kappa shape index (κ3) is 2.98. The van der Waals surface area contributed by atoms with Crippen LogP contribution in [-0.4, -0.2) is 23.5 Å². The van der Waals surface area contributed by atoms with E-state index in [1.165, 1.54) is 42.7 Å². The number of fused-ring (bicyclic) bond motifs is 1. The molecule has 0 fully saturated rings. The van der Waals surface area contributed by atoms with Gasteiger partial charge in [0, 0.05) is 6.20 Å². The lowest BCUT2D eigenvalue weighted by Gasteiger charge is -2.12. The SMILES string of the molecule is CSCCCCNC1CCc2cccnc21. The molecule has 1 aromatic rings. The van der Waals surface area contributed by atoms with Gasteiger partial charge in [-0.3, -0.25) is 4.98 Å². The van der Waals surface area contributed by atoms with E-state index in [2.05, 4.69) is 22.6 Å². The van der Waals surface area contributed by atoms with Crippen LogP contribution < -0.4 is 5.32 Å². The molecule has 0 radical (unpaired) electrons. The molecular weight excluding hydrogens is 216 g/mol. The van der Waals surface area contributed by atoms with Crippen molar-refractivity contribution >= 4 is 11.8 Å². The Labute approximate surface area is 102 Å². The van der Waals surface area contributed by atoms with Gasteiger partial charge < -0.3 is 5.32 Å². The van der Waals surface area contributed by atoms with Crippen molar-refractivity contribution in [3.63, 3.8) is 0 Å². The summed E-state index contributed by atoms with van der Waals surface area (Å²) in [4.78, 5) is 4.49. The molecule has 0 spiro atoms. The Morgan fingerprint density at radius 2 is 2.44 bits per heavy atom. The zero-order valence-corrected chi connectivity index (χ0v) is 10.7. The van der Waals surface area contributed by atoms with Crippen LogP contribution in [-0.2, 0) is 6.42 Å². The van der Waals surface area contributed by atoms with Gasteiger partial charge in [-0.2, -0.15) is 11.8 Å². The molecule has 0 bridgehead atoms. The second kappa shape index (κ2) is 6.26. The Kier molecular flexibility index (Phi) is 4.67. The molecule has 16 heavy (non-hydrogen) atoms. The summed E-state index contributed by atoms with van der Waals surface area (Å²) in [6.45, 7) is 1.13. The third-order valence-electron chi connectivity index (χ3n) is 3.12. The molecule has 0 amide bonds. The second-order valence-electron chi connectivity index (χ2n) is 4.29. The minimum Gasteiger partial charge on any atom is -0.309 e. The molecule has 0 aromatic carbocycles. The normalized spacial score (nSPS) is 18.7. The highest BCUT2D eigenvalue weighted by molar-refractivity contribution is 7.98. The van der Waals surface area contributed by atoms with Crippen LogP contribution >= 0.6 is 11.8 Å². The average molecular weight is 236 g/mol. The Balaban J connectivity index is 1.76. The van der Waals surface area contributed by atoms with Gasteiger partial charge in [0.2, 0.25) is 0 Å². The van der Waals surface area contributed by atoms with Crippen LogP contribution in [0.4, 0.5) is 0 Å². The number of nitrogens with zero attached hydrogens (tertiary/aromatic N) is 1. The zero-order valence-electron chi connectivity index (χ0n) is 9.91. The van der Waals surface area contributed by atoms with Crippen molar-refractivity contribution in [2.45, 2.75) is 31.7 Å². The number of aryl methyl sites for hydroxylation is 1. The molecule has 2 nitrogen and oxygen atoms in total. The van der Waals surface area contributed by atoms with Crippen LogP contribution in [0.1, 0.15) is 36.6 Å². The molecule has 88 valence electrons. The van der Waals surface area contributed by atoms with Crippen LogP contribution in [0.15, 0.2) is 18.3 Å². The van der Waals surface area contributed by atoms with Crippen LogP contribution in [0.25, 0.3) is 0 Å². The van der Waals surface area contributed by atoms with E-state index in [0.29, 0.717) is 6.04 Å². The minimum atomic E-state index is 0.505. The van der Waals surface area contributed by atoms with E-state index in [-0.39, 0.29) is 0 Å². The van der Waals surface area contributed by atoms with Crippen molar-refractivity contribution in [3.05, 3.63) is 29.6 Å². The van der Waals surface area contributed by atoms with Gasteiger partial charge in [0.05, 0.1) is 11.7 Å². The van der Waals surface area contributed by atoms with Crippen LogP contribution in [0.3, 0.4) is 0 Å². The number of hydrogen-bond donors (Lipinski definition) is 1. The molecule has 1 atom stereocenters. The van der Waals surface area contributed by atoms with Gasteiger partial charge in [-0.15, -0.1) is 0 Å². The highest BCUT2D eigenvalue weighted by atomic mass is 32.2. The highest BCUT2D eigenvalue weighted by Crippen LogP contribution is 2.28. The quantitative estimate of drug-likeness (QED) is 0.769. The van der Waals surface area contributed by atoms with E-state index in [1.54, 1.807) is 0 Å². The van der Waals surface area contributed by atoms with Gasteiger partial charge in [0.1, 0.15) is 0 Å². The molecule has 1 unspecified atom stereocenters. The summed E-state index contributed by atoms with van der Waals surface area (Å²) in [5, 5.41) is 3.62. The van der Waals surface area contributed by atoms with E-state index in [4.69, 9.17) is 0 Å². The summed E-state index contributed by atoms with van der Waals surface area (Å²) < 4.78 is 0.